The average Bonchev–Trinajstić information content (AvgIpc) is 2.86. The van der Waals surface area contributed by atoms with Crippen molar-refractivity contribution in [2.24, 2.45) is 5.92 Å². The summed E-state index contributed by atoms with van der Waals surface area (Å²) >= 11 is 0. The third-order valence-electron chi connectivity index (χ3n) is 3.18. The third-order valence-corrected chi connectivity index (χ3v) is 3.18. The summed E-state index contributed by atoms with van der Waals surface area (Å²) in [4.78, 5) is 25.8. The monoisotopic (exact) mass is 276 g/mol. The Morgan fingerprint density at radius 3 is 2.26 bits per heavy atom. The van der Waals surface area contributed by atoms with Gasteiger partial charge in [-0.2, -0.15) is 0 Å². The minimum absolute atomic E-state index is 0.0810. The number of hydrogen-bond acceptors (Lipinski definition) is 5. The van der Waals surface area contributed by atoms with Crippen molar-refractivity contribution in [3.8, 4) is 0 Å². The quantitative estimate of drug-likeness (QED) is 0.540. The molecule has 0 aromatic rings. The van der Waals surface area contributed by atoms with Crippen LogP contribution in [0.5, 0.6) is 0 Å². The van der Waals surface area contributed by atoms with Gasteiger partial charge in [0.1, 0.15) is 5.92 Å². The zero-order valence-electron chi connectivity index (χ0n) is 10.9. The molecule has 0 bridgehead atoms. The molecular formula is C11H20N2O6. The Morgan fingerprint density at radius 1 is 1.21 bits per heavy atom. The van der Waals surface area contributed by atoms with Crippen LogP contribution in [0.1, 0.15) is 0 Å². The first-order valence-corrected chi connectivity index (χ1v) is 6.07. The van der Waals surface area contributed by atoms with Gasteiger partial charge in [0.2, 0.25) is 0 Å². The summed E-state index contributed by atoms with van der Waals surface area (Å²) in [6.45, 7) is -0.000768. The molecule has 2 amide bonds. The Balaban J connectivity index is 2.71. The molecule has 8 heteroatoms. The first-order valence-electron chi connectivity index (χ1n) is 6.07. The third kappa shape index (κ3) is 3.79. The highest BCUT2D eigenvalue weighted by molar-refractivity contribution is 5.77. The lowest BCUT2D eigenvalue weighted by atomic mass is 10.0. The summed E-state index contributed by atoms with van der Waals surface area (Å²) in [6, 6.07) is -0.963. The lowest BCUT2D eigenvalue weighted by Gasteiger charge is -2.32. The van der Waals surface area contributed by atoms with E-state index in [1.807, 2.05) is 0 Å². The van der Waals surface area contributed by atoms with Crippen LogP contribution >= 0.6 is 0 Å². The smallest absolute Gasteiger partial charge is 0.320 e. The molecule has 2 atom stereocenters. The molecule has 1 fully saturated rings. The van der Waals surface area contributed by atoms with Gasteiger partial charge < -0.3 is 29.9 Å². The Kier molecular flexibility index (Phi) is 6.00. The fraction of sp³-hybridized carbons (Fsp3) is 0.818. The summed E-state index contributed by atoms with van der Waals surface area (Å²) in [5.74, 6) is -1.75. The Morgan fingerprint density at radius 2 is 1.79 bits per heavy atom. The molecule has 3 N–H and O–H groups in total. The summed E-state index contributed by atoms with van der Waals surface area (Å²) < 4.78 is 5.11. The van der Waals surface area contributed by atoms with Crippen molar-refractivity contribution in [1.82, 2.24) is 9.80 Å². The number of aliphatic hydroxyl groups is 2. The highest BCUT2D eigenvalue weighted by Gasteiger charge is 2.39. The molecule has 1 aliphatic rings. The predicted octanol–water partition coefficient (Wildman–Crippen LogP) is -1.58. The van der Waals surface area contributed by atoms with E-state index in [1.165, 1.54) is 16.8 Å². The Labute approximate surface area is 111 Å². The van der Waals surface area contributed by atoms with Gasteiger partial charge in [-0.3, -0.25) is 4.79 Å². The van der Waals surface area contributed by atoms with Crippen molar-refractivity contribution < 1.29 is 29.6 Å². The fourth-order valence-electron chi connectivity index (χ4n) is 2.07. The molecule has 0 aliphatic carbocycles. The second kappa shape index (κ2) is 7.27. The molecule has 1 aliphatic heterocycles. The molecule has 1 rings (SSSR count). The second-order valence-electron chi connectivity index (χ2n) is 4.38. The number of aliphatic carboxylic acids is 1. The number of carbonyl (C=O) groups excluding carboxylic acids is 1. The number of aliphatic hydroxyl groups excluding tert-OH is 2. The molecule has 0 saturated carbocycles. The largest absolute Gasteiger partial charge is 0.481 e. The predicted molar refractivity (Wildman–Crippen MR) is 64.6 cm³/mol. The van der Waals surface area contributed by atoms with E-state index in [9.17, 15) is 9.59 Å². The van der Waals surface area contributed by atoms with Crippen molar-refractivity contribution in [2.75, 3.05) is 46.6 Å². The van der Waals surface area contributed by atoms with Gasteiger partial charge in [-0.05, 0) is 0 Å². The average molecular weight is 276 g/mol. The first kappa shape index (κ1) is 15.7. The summed E-state index contributed by atoms with van der Waals surface area (Å²) in [5.41, 5.74) is 0. The summed E-state index contributed by atoms with van der Waals surface area (Å²) in [7, 11) is 1.50. The minimum Gasteiger partial charge on any atom is -0.481 e. The van der Waals surface area contributed by atoms with Crippen LogP contribution < -0.4 is 0 Å². The van der Waals surface area contributed by atoms with E-state index in [0.717, 1.165) is 0 Å². The molecule has 110 valence electrons. The number of carbonyl (C=O) groups is 2. The molecular weight excluding hydrogens is 256 g/mol. The normalized spacial score (nSPS) is 22.3. The topological polar surface area (TPSA) is 111 Å². The molecule has 1 saturated heterocycles. The van der Waals surface area contributed by atoms with E-state index in [1.54, 1.807) is 0 Å². The molecule has 19 heavy (non-hydrogen) atoms. The first-order chi connectivity index (χ1) is 9.02. The number of rotatable bonds is 6. The van der Waals surface area contributed by atoms with E-state index in [4.69, 9.17) is 20.1 Å². The number of nitrogens with zero attached hydrogens (tertiary/aromatic N) is 2. The number of carboxylic acid groups (broad SMARTS) is 1. The summed E-state index contributed by atoms with van der Waals surface area (Å²) in [6.07, 6.45) is 0. The van der Waals surface area contributed by atoms with Gasteiger partial charge in [0.25, 0.3) is 0 Å². The van der Waals surface area contributed by atoms with Crippen molar-refractivity contribution in [2.45, 2.75) is 6.04 Å². The molecule has 2 unspecified atom stereocenters. The SMILES string of the molecule is CN(C(=O)N(CCO)CCO)C1COCC1C(=O)O. The number of amides is 2. The molecule has 1 heterocycles. The molecule has 0 spiro atoms. The Hall–Kier alpha value is -1.38. The number of likely N-dealkylation sites (N-methyl/N-ethyl adjacent to an activating group) is 1. The van der Waals surface area contributed by atoms with Crippen LogP contribution in [0.25, 0.3) is 0 Å². The van der Waals surface area contributed by atoms with Gasteiger partial charge in [0.05, 0.1) is 32.5 Å². The van der Waals surface area contributed by atoms with Crippen LogP contribution in [0.3, 0.4) is 0 Å². The molecule has 0 radical (unpaired) electrons. The van der Waals surface area contributed by atoms with E-state index in [2.05, 4.69) is 0 Å². The van der Waals surface area contributed by atoms with Crippen molar-refractivity contribution >= 4 is 12.0 Å². The molecule has 8 nitrogen and oxygen atoms in total. The van der Waals surface area contributed by atoms with Gasteiger partial charge in [0.15, 0.2) is 0 Å². The van der Waals surface area contributed by atoms with Crippen LogP contribution in [-0.4, -0.2) is 89.7 Å². The highest BCUT2D eigenvalue weighted by Crippen LogP contribution is 2.20. The number of urea groups is 1. The van der Waals surface area contributed by atoms with Crippen molar-refractivity contribution in [3.05, 3.63) is 0 Å². The van der Waals surface area contributed by atoms with Gasteiger partial charge in [-0.15, -0.1) is 0 Å². The second-order valence-corrected chi connectivity index (χ2v) is 4.38. The van der Waals surface area contributed by atoms with Gasteiger partial charge in [0, 0.05) is 20.1 Å². The van der Waals surface area contributed by atoms with Crippen LogP contribution in [0.4, 0.5) is 4.79 Å². The number of hydrogen-bond donors (Lipinski definition) is 3. The minimum atomic E-state index is -1.00. The molecule has 0 aromatic heterocycles. The number of ether oxygens (including phenoxy) is 1. The van der Waals surface area contributed by atoms with Crippen molar-refractivity contribution in [1.29, 1.82) is 0 Å². The van der Waals surface area contributed by atoms with Gasteiger partial charge >= 0.3 is 12.0 Å². The summed E-state index contributed by atoms with van der Waals surface area (Å²) in [5, 5.41) is 26.8. The van der Waals surface area contributed by atoms with Crippen LogP contribution in [-0.2, 0) is 9.53 Å². The van der Waals surface area contributed by atoms with E-state index >= 15 is 0 Å². The zero-order chi connectivity index (χ0) is 14.4. The van der Waals surface area contributed by atoms with E-state index in [-0.39, 0.29) is 39.5 Å². The lowest BCUT2D eigenvalue weighted by Crippen LogP contribution is -2.51. The van der Waals surface area contributed by atoms with Crippen LogP contribution in [0.2, 0.25) is 0 Å². The van der Waals surface area contributed by atoms with Crippen molar-refractivity contribution in [3.63, 3.8) is 0 Å². The maximum atomic E-state index is 12.2. The highest BCUT2D eigenvalue weighted by atomic mass is 16.5. The van der Waals surface area contributed by atoms with Crippen LogP contribution in [0.15, 0.2) is 0 Å². The van der Waals surface area contributed by atoms with Crippen LogP contribution in [0, 0.1) is 5.92 Å². The zero-order valence-corrected chi connectivity index (χ0v) is 10.9. The lowest BCUT2D eigenvalue weighted by molar-refractivity contribution is -0.142. The van der Waals surface area contributed by atoms with Gasteiger partial charge in [-0.1, -0.05) is 0 Å². The maximum absolute atomic E-state index is 12.2. The van der Waals surface area contributed by atoms with Gasteiger partial charge in [-0.25, -0.2) is 4.79 Å². The Bertz CT molecular complexity index is 318. The fourth-order valence-corrected chi connectivity index (χ4v) is 2.07. The number of carboxylic acids is 1. The van der Waals surface area contributed by atoms with E-state index < -0.39 is 24.0 Å². The standard InChI is InChI=1S/C11H20N2O6/c1-12(9-7-19-6-8(9)10(16)17)11(18)13(2-4-14)3-5-15/h8-9,14-15H,2-7H2,1H3,(H,16,17). The molecule has 0 aromatic carbocycles. The van der Waals surface area contributed by atoms with E-state index in [0.29, 0.717) is 0 Å². The maximum Gasteiger partial charge on any atom is 0.320 e.